The van der Waals surface area contributed by atoms with E-state index in [1.165, 1.54) is 6.92 Å². The highest BCUT2D eigenvalue weighted by Gasteiger charge is 2.29. The first-order chi connectivity index (χ1) is 8.21. The van der Waals surface area contributed by atoms with Gasteiger partial charge < -0.3 is 15.7 Å². The second-order valence-corrected chi connectivity index (χ2v) is 6.86. The molecule has 0 aromatic carbocycles. The van der Waals surface area contributed by atoms with Gasteiger partial charge in [0.05, 0.1) is 17.4 Å². The maximum absolute atomic E-state index is 11.5. The molecule has 3 unspecified atom stereocenters. The topological polar surface area (TPSA) is 113 Å². The lowest BCUT2D eigenvalue weighted by Gasteiger charge is -2.19. The number of carbonyl (C=O) groups excluding carboxylic acids is 1. The Hall–Kier alpha value is -1.31. The van der Waals surface area contributed by atoms with Crippen molar-refractivity contribution in [3.05, 3.63) is 0 Å². The third kappa shape index (κ3) is 4.17. The van der Waals surface area contributed by atoms with E-state index in [0.717, 1.165) is 0 Å². The number of hydrogen-bond donors (Lipinski definition) is 3. The molecule has 0 saturated carbocycles. The Morgan fingerprint density at radius 1 is 1.33 bits per heavy atom. The summed E-state index contributed by atoms with van der Waals surface area (Å²) in [7, 11) is -3.04. The van der Waals surface area contributed by atoms with E-state index in [2.05, 4.69) is 10.6 Å². The minimum Gasteiger partial charge on any atom is -0.481 e. The number of carboxylic acid groups (broad SMARTS) is 1. The first-order valence-electron chi connectivity index (χ1n) is 5.71. The van der Waals surface area contributed by atoms with Gasteiger partial charge in [-0.2, -0.15) is 0 Å². The van der Waals surface area contributed by atoms with Crippen molar-refractivity contribution in [1.29, 1.82) is 0 Å². The van der Waals surface area contributed by atoms with Crippen molar-refractivity contribution in [3.8, 4) is 0 Å². The lowest BCUT2D eigenvalue weighted by molar-refractivity contribution is -0.141. The van der Waals surface area contributed by atoms with Crippen LogP contribution < -0.4 is 10.6 Å². The van der Waals surface area contributed by atoms with Crippen molar-refractivity contribution >= 4 is 21.8 Å². The first-order valence-corrected chi connectivity index (χ1v) is 7.53. The summed E-state index contributed by atoms with van der Waals surface area (Å²) in [4.78, 5) is 22.2. The van der Waals surface area contributed by atoms with Crippen LogP contribution in [0.15, 0.2) is 0 Å². The highest BCUT2D eigenvalue weighted by atomic mass is 32.2. The zero-order valence-corrected chi connectivity index (χ0v) is 11.2. The molecule has 3 N–H and O–H groups in total. The van der Waals surface area contributed by atoms with E-state index >= 15 is 0 Å². The molecule has 1 aliphatic heterocycles. The second kappa shape index (κ2) is 5.55. The predicted molar refractivity (Wildman–Crippen MR) is 65.0 cm³/mol. The van der Waals surface area contributed by atoms with Crippen LogP contribution in [-0.2, 0) is 14.6 Å². The van der Waals surface area contributed by atoms with Gasteiger partial charge in [0.15, 0.2) is 9.84 Å². The van der Waals surface area contributed by atoms with E-state index in [0.29, 0.717) is 6.42 Å². The van der Waals surface area contributed by atoms with Gasteiger partial charge in [-0.1, -0.05) is 0 Å². The van der Waals surface area contributed by atoms with E-state index in [1.54, 1.807) is 6.92 Å². The molecule has 7 nitrogen and oxygen atoms in total. The van der Waals surface area contributed by atoms with Crippen LogP contribution in [0.4, 0.5) is 4.79 Å². The summed E-state index contributed by atoms with van der Waals surface area (Å²) < 4.78 is 22.4. The van der Waals surface area contributed by atoms with Crippen LogP contribution in [0.1, 0.15) is 20.3 Å². The molecule has 1 heterocycles. The summed E-state index contributed by atoms with van der Waals surface area (Å²) in [6, 6.07) is -1.44. The SMILES string of the molecule is CC(NC(=O)NC1CCS(=O)(=O)C1)C(C)C(=O)O. The van der Waals surface area contributed by atoms with Gasteiger partial charge in [-0.25, -0.2) is 13.2 Å². The minimum atomic E-state index is -3.04. The molecular formula is C10H18N2O5S. The number of sulfone groups is 1. The van der Waals surface area contributed by atoms with Crippen LogP contribution in [0, 0.1) is 5.92 Å². The van der Waals surface area contributed by atoms with Gasteiger partial charge in [0.2, 0.25) is 0 Å². The Morgan fingerprint density at radius 2 is 1.94 bits per heavy atom. The van der Waals surface area contributed by atoms with E-state index < -0.39 is 33.8 Å². The number of hydrogen-bond acceptors (Lipinski definition) is 4. The van der Waals surface area contributed by atoms with Crippen LogP contribution in [0.25, 0.3) is 0 Å². The van der Waals surface area contributed by atoms with Crippen LogP contribution in [0.5, 0.6) is 0 Å². The first kappa shape index (κ1) is 14.7. The number of carbonyl (C=O) groups is 2. The molecular weight excluding hydrogens is 260 g/mol. The molecule has 18 heavy (non-hydrogen) atoms. The fraction of sp³-hybridized carbons (Fsp3) is 0.800. The molecule has 0 aromatic heterocycles. The van der Waals surface area contributed by atoms with Crippen molar-refractivity contribution < 1.29 is 23.1 Å². The second-order valence-electron chi connectivity index (χ2n) is 4.63. The Bertz CT molecular complexity index is 434. The summed E-state index contributed by atoms with van der Waals surface area (Å²) in [5.41, 5.74) is 0. The summed E-state index contributed by atoms with van der Waals surface area (Å²) in [6.07, 6.45) is 0.401. The van der Waals surface area contributed by atoms with Crippen molar-refractivity contribution in [2.45, 2.75) is 32.4 Å². The Kier molecular flexibility index (Phi) is 4.55. The predicted octanol–water partition coefficient (Wildman–Crippen LogP) is -0.418. The monoisotopic (exact) mass is 278 g/mol. The number of urea groups is 1. The average molecular weight is 278 g/mol. The lowest BCUT2D eigenvalue weighted by Crippen LogP contribution is -2.48. The molecule has 0 aliphatic carbocycles. The van der Waals surface area contributed by atoms with E-state index in [9.17, 15) is 18.0 Å². The van der Waals surface area contributed by atoms with Gasteiger partial charge >= 0.3 is 12.0 Å². The zero-order chi connectivity index (χ0) is 13.9. The van der Waals surface area contributed by atoms with Crippen LogP contribution in [-0.4, -0.2) is 49.1 Å². The van der Waals surface area contributed by atoms with Gasteiger partial charge in [0, 0.05) is 12.1 Å². The molecule has 0 bridgehead atoms. The molecule has 1 rings (SSSR count). The summed E-state index contributed by atoms with van der Waals surface area (Å²) in [5, 5.41) is 13.8. The van der Waals surface area contributed by atoms with E-state index in [1.807, 2.05) is 0 Å². The Balaban J connectivity index is 2.41. The van der Waals surface area contributed by atoms with Crippen molar-refractivity contribution in [2.75, 3.05) is 11.5 Å². The molecule has 0 aromatic rings. The molecule has 8 heteroatoms. The summed E-state index contributed by atoms with van der Waals surface area (Å²) in [6.45, 7) is 3.08. The fourth-order valence-electron chi connectivity index (χ4n) is 1.68. The third-order valence-corrected chi connectivity index (χ3v) is 4.83. The molecule has 0 spiro atoms. The smallest absolute Gasteiger partial charge is 0.315 e. The normalized spacial score (nSPS) is 25.1. The maximum Gasteiger partial charge on any atom is 0.315 e. The summed E-state index contributed by atoms with van der Waals surface area (Å²) >= 11 is 0. The van der Waals surface area contributed by atoms with Crippen molar-refractivity contribution in [1.82, 2.24) is 10.6 Å². The summed E-state index contributed by atoms with van der Waals surface area (Å²) in [5.74, 6) is -1.67. The molecule has 3 atom stereocenters. The fourth-order valence-corrected chi connectivity index (χ4v) is 3.35. The molecule has 2 amide bonds. The molecule has 1 fully saturated rings. The minimum absolute atomic E-state index is 0.0523. The maximum atomic E-state index is 11.5. The van der Waals surface area contributed by atoms with Gasteiger partial charge in [0.25, 0.3) is 0 Å². The Morgan fingerprint density at radius 3 is 2.39 bits per heavy atom. The van der Waals surface area contributed by atoms with Crippen LogP contribution in [0.3, 0.4) is 0 Å². The van der Waals surface area contributed by atoms with Crippen molar-refractivity contribution in [2.24, 2.45) is 5.92 Å². The number of carboxylic acids is 1. The zero-order valence-electron chi connectivity index (χ0n) is 10.3. The van der Waals surface area contributed by atoms with E-state index in [-0.39, 0.29) is 17.5 Å². The molecule has 104 valence electrons. The standard InChI is InChI=1S/C10H18N2O5S/c1-6(9(13)14)7(2)11-10(15)12-8-3-4-18(16,17)5-8/h6-8H,3-5H2,1-2H3,(H,13,14)(H2,11,12,15). The number of nitrogens with one attached hydrogen (secondary N) is 2. The molecule has 1 saturated heterocycles. The van der Waals surface area contributed by atoms with Gasteiger partial charge in [-0.3, -0.25) is 4.79 Å². The number of aliphatic carboxylic acids is 1. The Labute approximate surface area is 106 Å². The quantitative estimate of drug-likeness (QED) is 0.646. The van der Waals surface area contributed by atoms with Crippen LogP contribution in [0.2, 0.25) is 0 Å². The van der Waals surface area contributed by atoms with Gasteiger partial charge in [0.1, 0.15) is 0 Å². The van der Waals surface area contributed by atoms with Crippen LogP contribution >= 0.6 is 0 Å². The lowest BCUT2D eigenvalue weighted by atomic mass is 10.0. The highest BCUT2D eigenvalue weighted by Crippen LogP contribution is 2.11. The largest absolute Gasteiger partial charge is 0.481 e. The van der Waals surface area contributed by atoms with E-state index in [4.69, 9.17) is 5.11 Å². The highest BCUT2D eigenvalue weighted by molar-refractivity contribution is 7.91. The van der Waals surface area contributed by atoms with Gasteiger partial charge in [-0.15, -0.1) is 0 Å². The number of amides is 2. The molecule has 1 aliphatic rings. The van der Waals surface area contributed by atoms with Gasteiger partial charge in [-0.05, 0) is 20.3 Å². The third-order valence-electron chi connectivity index (χ3n) is 3.07. The van der Waals surface area contributed by atoms with Crippen molar-refractivity contribution in [3.63, 3.8) is 0 Å². The molecule has 0 radical (unpaired) electrons. The number of rotatable bonds is 4. The average Bonchev–Trinajstić information content (AvgIpc) is 2.56.